The normalized spacial score (nSPS) is 16.1. The number of nitrogens with zero attached hydrogens (tertiary/aromatic N) is 5. The van der Waals surface area contributed by atoms with Gasteiger partial charge in [-0.1, -0.05) is 17.4 Å². The van der Waals surface area contributed by atoms with Crippen LogP contribution in [0, 0.1) is 11.6 Å². The van der Waals surface area contributed by atoms with Gasteiger partial charge in [-0.3, -0.25) is 4.79 Å². The van der Waals surface area contributed by atoms with Gasteiger partial charge >= 0.3 is 0 Å². The molecule has 1 aliphatic heterocycles. The van der Waals surface area contributed by atoms with E-state index in [0.717, 1.165) is 11.6 Å². The Labute approximate surface area is 154 Å². The third-order valence-electron chi connectivity index (χ3n) is 4.18. The summed E-state index contributed by atoms with van der Waals surface area (Å²) in [6.45, 7) is 4.11. The maximum absolute atomic E-state index is 13.5. The first kappa shape index (κ1) is 18.8. The molecule has 27 heavy (non-hydrogen) atoms. The van der Waals surface area contributed by atoms with Crippen LogP contribution >= 0.6 is 0 Å². The molecule has 7 nitrogen and oxygen atoms in total. The fraction of sp³-hybridized carbons (Fsp3) is 0.333. The molecule has 1 aromatic carbocycles. The van der Waals surface area contributed by atoms with Crippen LogP contribution in [0.1, 0.15) is 36.6 Å². The zero-order valence-electron chi connectivity index (χ0n) is 14.6. The summed E-state index contributed by atoms with van der Waals surface area (Å²) in [7, 11) is 0. The number of aromatic nitrogens is 3. The van der Waals surface area contributed by atoms with Crippen LogP contribution in [0.3, 0.4) is 0 Å². The summed E-state index contributed by atoms with van der Waals surface area (Å²) in [6.07, 6.45) is 4.13. The molecule has 3 rings (SSSR count). The number of halogens is 2. The second kappa shape index (κ2) is 8.17. The predicted molar refractivity (Wildman–Crippen MR) is 93.4 cm³/mol. The molecule has 9 heteroatoms. The molecule has 0 spiro atoms. The first-order valence-electron chi connectivity index (χ1n) is 8.43. The average Bonchev–Trinajstić information content (AvgIpc) is 3.28. The number of hydrogen-bond acceptors (Lipinski definition) is 5. The third-order valence-corrected chi connectivity index (χ3v) is 4.18. The van der Waals surface area contributed by atoms with E-state index in [4.69, 9.17) is 5.11 Å². The molecule has 1 amide bonds. The molecule has 0 bridgehead atoms. The van der Waals surface area contributed by atoms with Gasteiger partial charge < -0.3 is 5.11 Å². The first-order valence-corrected chi connectivity index (χ1v) is 8.43. The van der Waals surface area contributed by atoms with Gasteiger partial charge in [-0.2, -0.15) is 5.10 Å². The largest absolute Gasteiger partial charge is 0.390 e. The van der Waals surface area contributed by atoms with Crippen molar-refractivity contribution in [2.45, 2.75) is 38.5 Å². The van der Waals surface area contributed by atoms with Crippen molar-refractivity contribution >= 4 is 12.1 Å². The monoisotopic (exact) mass is 375 g/mol. The number of aliphatic hydroxyl groups excluding tert-OH is 1. The van der Waals surface area contributed by atoms with E-state index in [-0.39, 0.29) is 18.9 Å². The van der Waals surface area contributed by atoms with Gasteiger partial charge in [0.2, 0.25) is 5.91 Å². The quantitative estimate of drug-likeness (QED) is 0.753. The number of aliphatic hydroxyl groups is 1. The summed E-state index contributed by atoms with van der Waals surface area (Å²) in [6, 6.07) is 2.70. The molecular formula is C18H19F2N5O2. The van der Waals surface area contributed by atoms with Gasteiger partial charge in [-0.15, -0.1) is 5.10 Å². The standard InChI is InChI=1S/C18H19F2N5O2/c1-12(9-24-10-16(11-26)22-23-24)2-3-18(27)25-17(4-5-21-25)13-6-14(19)8-15(20)7-13/h5-8,10,17,26H,1-4,9,11H2. The van der Waals surface area contributed by atoms with E-state index >= 15 is 0 Å². The second-order valence-electron chi connectivity index (χ2n) is 6.31. The number of hydrogen-bond donors (Lipinski definition) is 1. The van der Waals surface area contributed by atoms with E-state index < -0.39 is 17.7 Å². The summed E-state index contributed by atoms with van der Waals surface area (Å²) in [4.78, 5) is 12.5. The van der Waals surface area contributed by atoms with Crippen molar-refractivity contribution in [3.63, 3.8) is 0 Å². The maximum atomic E-state index is 13.5. The van der Waals surface area contributed by atoms with Crippen LogP contribution in [0.4, 0.5) is 8.78 Å². The Morgan fingerprint density at radius 3 is 2.67 bits per heavy atom. The van der Waals surface area contributed by atoms with Crippen LogP contribution in [-0.4, -0.2) is 37.2 Å². The average molecular weight is 375 g/mol. The predicted octanol–water partition coefficient (Wildman–Crippen LogP) is 2.34. The molecular weight excluding hydrogens is 356 g/mol. The van der Waals surface area contributed by atoms with Crippen LogP contribution in [0.15, 0.2) is 41.6 Å². The Morgan fingerprint density at radius 1 is 1.26 bits per heavy atom. The van der Waals surface area contributed by atoms with Crippen LogP contribution < -0.4 is 0 Å². The topological polar surface area (TPSA) is 83.6 Å². The molecule has 2 aromatic rings. The van der Waals surface area contributed by atoms with Gasteiger partial charge in [0.05, 0.1) is 25.4 Å². The van der Waals surface area contributed by atoms with Gasteiger partial charge in [0, 0.05) is 25.1 Å². The molecule has 2 heterocycles. The Kier molecular flexibility index (Phi) is 5.70. The van der Waals surface area contributed by atoms with Crippen molar-refractivity contribution in [1.82, 2.24) is 20.0 Å². The summed E-state index contributed by atoms with van der Waals surface area (Å²) in [5.41, 5.74) is 1.58. The van der Waals surface area contributed by atoms with E-state index in [1.54, 1.807) is 12.4 Å². The zero-order chi connectivity index (χ0) is 19.4. The van der Waals surface area contributed by atoms with Crippen LogP contribution in [0.5, 0.6) is 0 Å². The molecule has 0 fully saturated rings. The fourth-order valence-electron chi connectivity index (χ4n) is 2.89. The highest BCUT2D eigenvalue weighted by Gasteiger charge is 2.28. The maximum Gasteiger partial charge on any atom is 0.243 e. The number of amides is 1. The van der Waals surface area contributed by atoms with E-state index in [1.807, 2.05) is 0 Å². The van der Waals surface area contributed by atoms with Gasteiger partial charge in [0.15, 0.2) is 0 Å². The lowest BCUT2D eigenvalue weighted by molar-refractivity contribution is -0.133. The number of hydrazone groups is 1. The molecule has 0 aliphatic carbocycles. The molecule has 1 aromatic heterocycles. The zero-order valence-corrected chi connectivity index (χ0v) is 14.6. The molecule has 0 radical (unpaired) electrons. The summed E-state index contributed by atoms with van der Waals surface area (Å²) in [5, 5.41) is 21.9. The number of carbonyl (C=O) groups is 1. The second-order valence-corrected chi connectivity index (χ2v) is 6.31. The molecule has 1 N–H and O–H groups in total. The fourth-order valence-corrected chi connectivity index (χ4v) is 2.89. The van der Waals surface area contributed by atoms with Crippen LogP contribution in [-0.2, 0) is 17.9 Å². The Morgan fingerprint density at radius 2 is 2.00 bits per heavy atom. The highest BCUT2D eigenvalue weighted by atomic mass is 19.1. The number of carbonyl (C=O) groups excluding carboxylic acids is 1. The SMILES string of the molecule is C=C(CCC(=O)N1N=CCC1c1cc(F)cc(F)c1)Cn1cc(CO)nn1. The lowest BCUT2D eigenvalue weighted by atomic mass is 10.0. The Hall–Kier alpha value is -2.94. The molecule has 1 atom stereocenters. The summed E-state index contributed by atoms with van der Waals surface area (Å²) < 4.78 is 28.5. The lowest BCUT2D eigenvalue weighted by Gasteiger charge is -2.22. The van der Waals surface area contributed by atoms with E-state index in [1.165, 1.54) is 21.8 Å². The van der Waals surface area contributed by atoms with Gasteiger partial charge in [0.1, 0.15) is 17.3 Å². The minimum Gasteiger partial charge on any atom is -0.390 e. The van der Waals surface area contributed by atoms with E-state index in [9.17, 15) is 13.6 Å². The van der Waals surface area contributed by atoms with Crippen LogP contribution in [0.2, 0.25) is 0 Å². The van der Waals surface area contributed by atoms with Crippen molar-refractivity contribution in [3.05, 3.63) is 59.4 Å². The molecule has 142 valence electrons. The van der Waals surface area contributed by atoms with Crippen molar-refractivity contribution in [2.75, 3.05) is 0 Å². The van der Waals surface area contributed by atoms with Crippen molar-refractivity contribution in [1.29, 1.82) is 0 Å². The smallest absolute Gasteiger partial charge is 0.243 e. The number of allylic oxidation sites excluding steroid dienone is 1. The van der Waals surface area contributed by atoms with E-state index in [2.05, 4.69) is 22.0 Å². The van der Waals surface area contributed by atoms with Gasteiger partial charge in [0.25, 0.3) is 0 Å². The molecule has 0 saturated carbocycles. The summed E-state index contributed by atoms with van der Waals surface area (Å²) in [5.74, 6) is -1.63. The highest BCUT2D eigenvalue weighted by molar-refractivity contribution is 5.80. The van der Waals surface area contributed by atoms with Crippen molar-refractivity contribution in [3.8, 4) is 0 Å². The van der Waals surface area contributed by atoms with Crippen LogP contribution in [0.25, 0.3) is 0 Å². The first-order chi connectivity index (χ1) is 13.0. The molecule has 1 unspecified atom stereocenters. The van der Waals surface area contributed by atoms with E-state index in [0.29, 0.717) is 30.6 Å². The highest BCUT2D eigenvalue weighted by Crippen LogP contribution is 2.30. The van der Waals surface area contributed by atoms with Gasteiger partial charge in [-0.25, -0.2) is 18.5 Å². The minimum atomic E-state index is -0.687. The minimum absolute atomic E-state index is 0.159. The van der Waals surface area contributed by atoms with Crippen molar-refractivity contribution < 1.29 is 18.7 Å². The molecule has 1 aliphatic rings. The third kappa shape index (κ3) is 4.62. The number of benzene rings is 1. The van der Waals surface area contributed by atoms with Gasteiger partial charge in [-0.05, 0) is 24.1 Å². The molecule has 0 saturated heterocycles. The van der Waals surface area contributed by atoms with Crippen molar-refractivity contribution in [2.24, 2.45) is 5.10 Å². The Balaban J connectivity index is 1.58. The summed E-state index contributed by atoms with van der Waals surface area (Å²) >= 11 is 0. The Bertz CT molecular complexity index is 860. The lowest BCUT2D eigenvalue weighted by Crippen LogP contribution is -2.27. The number of rotatable bonds is 7.